The third kappa shape index (κ3) is 0.478. The average Bonchev–Trinajstić information content (AvgIpc) is 2.15. The minimum atomic E-state index is 0.959. The summed E-state index contributed by atoms with van der Waals surface area (Å²) in [7, 11) is 0. The predicted octanol–water partition coefficient (Wildman–Crippen LogP) is 0.679. The normalized spacial score (nSPS) is 24.0. The number of rotatable bonds is 0. The molecule has 3 heteroatoms. The zero-order valence-corrected chi connectivity index (χ0v) is 5.11. The van der Waals surface area contributed by atoms with E-state index in [1.165, 1.54) is 0 Å². The summed E-state index contributed by atoms with van der Waals surface area (Å²) in [5.74, 6) is 0. The highest BCUT2D eigenvalue weighted by molar-refractivity contribution is 8.15. The molecular weight excluding hydrogens is 120 g/mol. The van der Waals surface area contributed by atoms with Gasteiger partial charge in [0.05, 0.1) is 6.54 Å². The third-order valence-electron chi connectivity index (χ3n) is 1.19. The molecule has 0 aromatic carbocycles. The second kappa shape index (κ2) is 1.52. The highest BCUT2D eigenvalue weighted by Gasteiger charge is 2.17. The van der Waals surface area contributed by atoms with Crippen molar-refractivity contribution in [3.63, 3.8) is 0 Å². The molecule has 0 unspecified atom stereocenters. The summed E-state index contributed by atoms with van der Waals surface area (Å²) in [5.41, 5.74) is 0. The number of hydrogen-bond donors (Lipinski definition) is 0. The molecule has 0 aromatic heterocycles. The van der Waals surface area contributed by atoms with Gasteiger partial charge in [-0.1, -0.05) is 0 Å². The molecule has 0 saturated carbocycles. The van der Waals surface area contributed by atoms with Crippen LogP contribution in [0.15, 0.2) is 11.2 Å². The van der Waals surface area contributed by atoms with Crippen LogP contribution in [0.25, 0.3) is 0 Å². The lowest BCUT2D eigenvalue weighted by molar-refractivity contribution is 0.624. The van der Waals surface area contributed by atoms with E-state index in [1.54, 1.807) is 11.8 Å². The Labute approximate surface area is 52.3 Å². The molecule has 2 aliphatic rings. The lowest BCUT2D eigenvalue weighted by Gasteiger charge is -2.04. The Morgan fingerprint density at radius 1 is 1.88 bits per heavy atom. The summed E-state index contributed by atoms with van der Waals surface area (Å²) < 4.78 is 0. The van der Waals surface area contributed by atoms with Crippen molar-refractivity contribution < 1.29 is 0 Å². The van der Waals surface area contributed by atoms with Gasteiger partial charge in [-0.15, -0.1) is 0 Å². The summed E-state index contributed by atoms with van der Waals surface area (Å²) in [5, 5.41) is 4.13. The summed E-state index contributed by atoms with van der Waals surface area (Å²) in [6.07, 6.45) is 1.95. The molecule has 41 valence electrons. The van der Waals surface area contributed by atoms with Crippen LogP contribution in [-0.4, -0.2) is 23.2 Å². The lowest BCUT2D eigenvalue weighted by Crippen LogP contribution is -2.14. The largest absolute Gasteiger partial charge is 0.325 e. The molecule has 0 aliphatic carbocycles. The highest BCUT2D eigenvalue weighted by atomic mass is 32.2. The van der Waals surface area contributed by atoms with Crippen molar-refractivity contribution in [3.05, 3.63) is 11.6 Å². The van der Waals surface area contributed by atoms with E-state index < -0.39 is 0 Å². The van der Waals surface area contributed by atoms with Gasteiger partial charge in [0.15, 0.2) is 5.17 Å². The molecule has 1 radical (unpaired) electrons. The molecule has 2 heterocycles. The molecular formula is C5H5N2S. The summed E-state index contributed by atoms with van der Waals surface area (Å²) in [6.45, 7) is 2.01. The van der Waals surface area contributed by atoms with Gasteiger partial charge >= 0.3 is 0 Å². The van der Waals surface area contributed by atoms with Crippen molar-refractivity contribution in [1.82, 2.24) is 4.90 Å². The van der Waals surface area contributed by atoms with Gasteiger partial charge < -0.3 is 4.90 Å². The van der Waals surface area contributed by atoms with Crippen LogP contribution in [0.1, 0.15) is 0 Å². The molecule has 2 aliphatic heterocycles. The fourth-order valence-electron chi connectivity index (χ4n) is 0.793. The van der Waals surface area contributed by atoms with Crippen LogP contribution in [0.3, 0.4) is 0 Å². The Morgan fingerprint density at radius 3 is 3.75 bits per heavy atom. The zero-order valence-electron chi connectivity index (χ0n) is 4.29. The van der Waals surface area contributed by atoms with Gasteiger partial charge in [0.1, 0.15) is 0 Å². The number of nitrogens with zero attached hydrogens (tertiary/aromatic N) is 2. The van der Waals surface area contributed by atoms with Gasteiger partial charge in [-0.05, 0) is 11.8 Å². The maximum absolute atomic E-state index is 4.21. The molecule has 8 heavy (non-hydrogen) atoms. The second-order valence-electron chi connectivity index (χ2n) is 1.71. The van der Waals surface area contributed by atoms with Crippen LogP contribution >= 0.6 is 11.8 Å². The molecule has 0 bridgehead atoms. The van der Waals surface area contributed by atoms with Crippen LogP contribution in [0, 0.1) is 5.41 Å². The van der Waals surface area contributed by atoms with E-state index in [2.05, 4.69) is 15.3 Å². The Hall–Kier alpha value is -0.440. The van der Waals surface area contributed by atoms with Gasteiger partial charge in [-0.2, -0.15) is 0 Å². The fraction of sp³-hybridized carbons (Fsp3) is 0.400. The first-order valence-corrected chi connectivity index (χ1v) is 3.35. The maximum atomic E-state index is 4.21. The first kappa shape index (κ1) is 4.44. The first-order chi connectivity index (χ1) is 3.97. The van der Waals surface area contributed by atoms with Crippen molar-refractivity contribution in [2.24, 2.45) is 4.99 Å². The summed E-state index contributed by atoms with van der Waals surface area (Å²) in [6, 6.07) is 0. The Morgan fingerprint density at radius 2 is 2.88 bits per heavy atom. The molecule has 0 N–H and O–H groups in total. The molecule has 2 rings (SSSR count). The van der Waals surface area contributed by atoms with E-state index >= 15 is 0 Å². The van der Waals surface area contributed by atoms with E-state index in [4.69, 9.17) is 0 Å². The predicted molar refractivity (Wildman–Crippen MR) is 34.4 cm³/mol. The van der Waals surface area contributed by atoms with Crippen LogP contribution in [0.5, 0.6) is 0 Å². The minimum absolute atomic E-state index is 0.959. The van der Waals surface area contributed by atoms with E-state index in [0.717, 1.165) is 18.3 Å². The van der Waals surface area contributed by atoms with Crippen molar-refractivity contribution >= 4 is 16.9 Å². The maximum Gasteiger partial charge on any atom is 0.168 e. The topological polar surface area (TPSA) is 15.6 Å². The molecule has 0 atom stereocenters. The Kier molecular flexibility index (Phi) is 0.842. The number of fused-ring (bicyclic) bond motifs is 1. The number of hydrogen-bond acceptors (Lipinski definition) is 3. The van der Waals surface area contributed by atoms with Crippen molar-refractivity contribution in [3.8, 4) is 0 Å². The standard InChI is InChI=1S/C5H5N2S/c1-2-7-3-4-8-5(7)6-1/h3H,1-2H2. The van der Waals surface area contributed by atoms with Gasteiger partial charge in [0, 0.05) is 18.2 Å². The second-order valence-corrected chi connectivity index (χ2v) is 2.51. The molecule has 0 amide bonds. The zero-order chi connectivity index (χ0) is 5.40. The quantitative estimate of drug-likeness (QED) is 0.473. The van der Waals surface area contributed by atoms with Gasteiger partial charge in [0.25, 0.3) is 0 Å². The Balaban J connectivity index is 2.28. The van der Waals surface area contributed by atoms with Crippen molar-refractivity contribution in [2.45, 2.75) is 0 Å². The van der Waals surface area contributed by atoms with Crippen LogP contribution < -0.4 is 0 Å². The molecule has 0 spiro atoms. The first-order valence-electron chi connectivity index (χ1n) is 2.53. The SMILES string of the molecule is [C]1=CN2CCN=C2S1. The molecule has 0 aromatic rings. The number of thioether (sulfide) groups is 1. The fourth-order valence-corrected chi connectivity index (χ4v) is 1.50. The molecule has 2 nitrogen and oxygen atoms in total. The number of aliphatic imine (C=N–C) groups is 1. The Bertz CT molecular complexity index is 162. The van der Waals surface area contributed by atoms with E-state index in [1.807, 2.05) is 6.20 Å². The minimum Gasteiger partial charge on any atom is -0.325 e. The number of amidine groups is 1. The summed E-state index contributed by atoms with van der Waals surface area (Å²) in [4.78, 5) is 6.33. The van der Waals surface area contributed by atoms with Crippen LogP contribution in [0.2, 0.25) is 0 Å². The van der Waals surface area contributed by atoms with Gasteiger partial charge in [-0.25, -0.2) is 0 Å². The van der Waals surface area contributed by atoms with E-state index in [0.29, 0.717) is 0 Å². The smallest absolute Gasteiger partial charge is 0.168 e. The highest BCUT2D eigenvalue weighted by Crippen LogP contribution is 2.20. The van der Waals surface area contributed by atoms with Gasteiger partial charge in [0.2, 0.25) is 0 Å². The van der Waals surface area contributed by atoms with E-state index in [9.17, 15) is 0 Å². The van der Waals surface area contributed by atoms with Crippen LogP contribution in [-0.2, 0) is 0 Å². The van der Waals surface area contributed by atoms with Gasteiger partial charge in [-0.3, -0.25) is 4.99 Å². The van der Waals surface area contributed by atoms with Crippen molar-refractivity contribution in [2.75, 3.05) is 13.1 Å². The monoisotopic (exact) mass is 125 g/mol. The van der Waals surface area contributed by atoms with Crippen LogP contribution in [0.4, 0.5) is 0 Å². The molecule has 0 saturated heterocycles. The lowest BCUT2D eigenvalue weighted by atomic mass is 10.6. The van der Waals surface area contributed by atoms with Crippen molar-refractivity contribution in [1.29, 1.82) is 0 Å². The third-order valence-corrected chi connectivity index (χ3v) is 1.96. The van der Waals surface area contributed by atoms with E-state index in [-0.39, 0.29) is 0 Å². The molecule has 0 fully saturated rings. The summed E-state index contributed by atoms with van der Waals surface area (Å²) >= 11 is 1.58. The average molecular weight is 125 g/mol.